The zero-order valence-corrected chi connectivity index (χ0v) is 11.5. The molecule has 1 aromatic heterocycles. The van der Waals surface area contributed by atoms with Gasteiger partial charge >= 0.3 is 0 Å². The predicted molar refractivity (Wildman–Crippen MR) is 71.8 cm³/mol. The number of nitrogens with one attached hydrogen (secondary N) is 1. The fraction of sp³-hybridized carbons (Fsp3) is 0.0833. The van der Waals surface area contributed by atoms with Crippen molar-refractivity contribution >= 4 is 32.1 Å². The average molecular weight is 299 g/mol. The van der Waals surface area contributed by atoms with Crippen LogP contribution in [-0.4, -0.2) is 20.6 Å². The van der Waals surface area contributed by atoms with Crippen LogP contribution in [0.5, 0.6) is 0 Å². The Bertz CT molecular complexity index is 705. The van der Waals surface area contributed by atoms with Crippen molar-refractivity contribution in [1.82, 2.24) is 0 Å². The number of thiophene rings is 1. The Morgan fingerprint density at radius 3 is 2.42 bits per heavy atom. The predicted octanol–water partition coefficient (Wildman–Crippen LogP) is 2.54. The average Bonchev–Trinajstić information content (AvgIpc) is 2.77. The number of hydrogen-bond donors (Lipinski definition) is 1. The number of benzene rings is 1. The van der Waals surface area contributed by atoms with E-state index < -0.39 is 21.6 Å². The summed E-state index contributed by atoms with van der Waals surface area (Å²) in [6, 6.07) is 6.43. The van der Waals surface area contributed by atoms with Crippen molar-refractivity contribution in [2.24, 2.45) is 0 Å². The first-order chi connectivity index (χ1) is 8.88. The molecule has 0 bridgehead atoms. The Balaban J connectivity index is 2.25. The molecule has 19 heavy (non-hydrogen) atoms. The van der Waals surface area contributed by atoms with Crippen molar-refractivity contribution in [1.29, 1.82) is 0 Å². The van der Waals surface area contributed by atoms with E-state index in [-0.39, 0.29) is 15.5 Å². The molecule has 0 saturated carbocycles. The largest absolute Gasteiger partial charge is 0.312 e. The molecule has 1 N–H and O–H groups in total. The summed E-state index contributed by atoms with van der Waals surface area (Å²) < 4.78 is 35.7. The summed E-state index contributed by atoms with van der Waals surface area (Å²) in [6.45, 7) is 0. The fourth-order valence-corrected chi connectivity index (χ4v) is 3.52. The van der Waals surface area contributed by atoms with Crippen LogP contribution >= 0.6 is 11.3 Å². The molecule has 0 atom stereocenters. The monoisotopic (exact) mass is 299 g/mol. The van der Waals surface area contributed by atoms with Crippen LogP contribution < -0.4 is 5.32 Å². The van der Waals surface area contributed by atoms with E-state index in [0.29, 0.717) is 0 Å². The Morgan fingerprint density at radius 2 is 1.84 bits per heavy atom. The molecular formula is C12H10FNO3S2. The van der Waals surface area contributed by atoms with E-state index in [9.17, 15) is 17.6 Å². The molecule has 4 nitrogen and oxygen atoms in total. The van der Waals surface area contributed by atoms with E-state index in [1.165, 1.54) is 30.3 Å². The maximum atomic E-state index is 12.7. The highest BCUT2D eigenvalue weighted by Crippen LogP contribution is 2.28. The molecule has 1 amide bonds. The normalized spacial score (nSPS) is 11.3. The quantitative estimate of drug-likeness (QED) is 0.947. The lowest BCUT2D eigenvalue weighted by molar-refractivity contribution is 0.102. The van der Waals surface area contributed by atoms with Crippen LogP contribution in [0.15, 0.2) is 40.6 Å². The van der Waals surface area contributed by atoms with Crippen molar-refractivity contribution in [2.75, 3.05) is 11.6 Å². The number of rotatable bonds is 3. The van der Waals surface area contributed by atoms with Crippen LogP contribution in [-0.2, 0) is 9.84 Å². The molecule has 2 rings (SSSR count). The second kappa shape index (κ2) is 5.10. The number of carbonyl (C=O) groups excluding carboxylic acids is 1. The van der Waals surface area contributed by atoms with Crippen LogP contribution in [0.3, 0.4) is 0 Å². The highest BCUT2D eigenvalue weighted by molar-refractivity contribution is 7.91. The minimum absolute atomic E-state index is 0.0768. The van der Waals surface area contributed by atoms with E-state index in [1.807, 2.05) is 0 Å². The Morgan fingerprint density at radius 1 is 1.21 bits per heavy atom. The highest BCUT2D eigenvalue weighted by atomic mass is 32.2. The molecule has 100 valence electrons. The first-order valence-corrected chi connectivity index (χ1v) is 7.99. The smallest absolute Gasteiger partial charge is 0.256 e. The molecule has 1 heterocycles. The SMILES string of the molecule is CS(=O)(=O)c1ccsc1NC(=O)c1ccc(F)cc1. The number of hydrogen-bond acceptors (Lipinski definition) is 4. The van der Waals surface area contributed by atoms with Gasteiger partial charge in [-0.15, -0.1) is 11.3 Å². The number of halogens is 1. The summed E-state index contributed by atoms with van der Waals surface area (Å²) in [5.74, 6) is -0.920. The number of amides is 1. The fourth-order valence-electron chi connectivity index (χ4n) is 1.46. The van der Waals surface area contributed by atoms with Crippen LogP contribution in [0.25, 0.3) is 0 Å². The summed E-state index contributed by atoms with van der Waals surface area (Å²) in [5, 5.41) is 4.35. The molecule has 7 heteroatoms. The maximum Gasteiger partial charge on any atom is 0.256 e. The summed E-state index contributed by atoms with van der Waals surface area (Å²) in [7, 11) is -3.39. The standard InChI is InChI=1S/C12H10FNO3S2/c1-19(16,17)10-6-7-18-12(10)14-11(15)8-2-4-9(13)5-3-8/h2-7H,1H3,(H,14,15). The Labute approximate surface area is 113 Å². The molecule has 0 unspecified atom stereocenters. The molecular weight excluding hydrogens is 289 g/mol. The van der Waals surface area contributed by atoms with Gasteiger partial charge in [-0.1, -0.05) is 0 Å². The lowest BCUT2D eigenvalue weighted by Crippen LogP contribution is -2.12. The molecule has 2 aromatic rings. The van der Waals surface area contributed by atoms with Gasteiger partial charge in [0, 0.05) is 11.8 Å². The van der Waals surface area contributed by atoms with Gasteiger partial charge in [0.15, 0.2) is 9.84 Å². The topological polar surface area (TPSA) is 63.2 Å². The van der Waals surface area contributed by atoms with Gasteiger partial charge < -0.3 is 5.32 Å². The molecule has 1 aromatic carbocycles. The zero-order chi connectivity index (χ0) is 14.0. The van der Waals surface area contributed by atoms with Gasteiger partial charge in [0.25, 0.3) is 5.91 Å². The summed E-state index contributed by atoms with van der Waals surface area (Å²) in [4.78, 5) is 12.0. The van der Waals surface area contributed by atoms with Crippen LogP contribution in [0.2, 0.25) is 0 Å². The van der Waals surface area contributed by atoms with Gasteiger partial charge in [-0.05, 0) is 35.7 Å². The van der Waals surface area contributed by atoms with Gasteiger partial charge in [-0.3, -0.25) is 4.79 Å². The van der Waals surface area contributed by atoms with Crippen molar-refractivity contribution < 1.29 is 17.6 Å². The first kappa shape index (κ1) is 13.7. The second-order valence-electron chi connectivity index (χ2n) is 3.85. The van der Waals surface area contributed by atoms with E-state index in [2.05, 4.69) is 5.32 Å². The molecule has 0 fully saturated rings. The van der Waals surface area contributed by atoms with Gasteiger partial charge in [0.05, 0.1) is 0 Å². The van der Waals surface area contributed by atoms with Crippen LogP contribution in [0.4, 0.5) is 9.39 Å². The maximum absolute atomic E-state index is 12.7. The summed E-state index contributed by atoms with van der Waals surface area (Å²) in [5.41, 5.74) is 0.259. The van der Waals surface area contributed by atoms with E-state index in [4.69, 9.17) is 0 Å². The highest BCUT2D eigenvalue weighted by Gasteiger charge is 2.17. The zero-order valence-electron chi connectivity index (χ0n) is 9.88. The second-order valence-corrected chi connectivity index (χ2v) is 6.75. The van der Waals surface area contributed by atoms with Crippen LogP contribution in [0.1, 0.15) is 10.4 Å². The van der Waals surface area contributed by atoms with Gasteiger partial charge in [-0.2, -0.15) is 0 Å². The molecule has 0 spiro atoms. The summed E-state index contributed by atoms with van der Waals surface area (Å²) in [6.07, 6.45) is 1.07. The van der Waals surface area contributed by atoms with Crippen molar-refractivity contribution in [3.63, 3.8) is 0 Å². The number of carbonyl (C=O) groups is 1. The minimum Gasteiger partial charge on any atom is -0.312 e. The van der Waals surface area contributed by atoms with Crippen molar-refractivity contribution in [3.05, 3.63) is 47.1 Å². The Hall–Kier alpha value is -1.73. The van der Waals surface area contributed by atoms with Crippen molar-refractivity contribution in [3.8, 4) is 0 Å². The van der Waals surface area contributed by atoms with Crippen LogP contribution in [0, 0.1) is 5.82 Å². The van der Waals surface area contributed by atoms with Gasteiger partial charge in [0.2, 0.25) is 0 Å². The van der Waals surface area contributed by atoms with Gasteiger partial charge in [-0.25, -0.2) is 12.8 Å². The Kier molecular flexibility index (Phi) is 3.68. The molecule has 0 aliphatic rings. The number of anilines is 1. The lowest BCUT2D eigenvalue weighted by Gasteiger charge is -2.05. The molecule has 0 aliphatic heterocycles. The summed E-state index contributed by atoms with van der Waals surface area (Å²) >= 11 is 1.12. The minimum atomic E-state index is -3.39. The molecule has 0 saturated heterocycles. The van der Waals surface area contributed by atoms with Crippen molar-refractivity contribution in [2.45, 2.75) is 4.90 Å². The van der Waals surface area contributed by atoms with E-state index in [0.717, 1.165) is 17.6 Å². The third-order valence-electron chi connectivity index (χ3n) is 2.36. The first-order valence-electron chi connectivity index (χ1n) is 5.22. The van der Waals surface area contributed by atoms with E-state index in [1.54, 1.807) is 5.38 Å². The molecule has 0 aliphatic carbocycles. The molecule has 0 radical (unpaired) electrons. The third kappa shape index (κ3) is 3.18. The number of sulfone groups is 1. The van der Waals surface area contributed by atoms with Gasteiger partial charge in [0.1, 0.15) is 15.7 Å². The lowest BCUT2D eigenvalue weighted by atomic mass is 10.2. The third-order valence-corrected chi connectivity index (χ3v) is 4.46. The van der Waals surface area contributed by atoms with E-state index >= 15 is 0 Å².